The molecule has 10 heteroatoms. The van der Waals surface area contributed by atoms with E-state index in [-0.39, 0.29) is 38.4 Å². The van der Waals surface area contributed by atoms with Crippen LogP contribution in [-0.2, 0) is 9.59 Å². The lowest BCUT2D eigenvalue weighted by molar-refractivity contribution is -0.132. The lowest BCUT2D eigenvalue weighted by atomic mass is 9.98. The fourth-order valence-electron chi connectivity index (χ4n) is 3.87. The fourth-order valence-corrected chi connectivity index (χ4v) is 4.55. The maximum Gasteiger partial charge on any atom is 0.300 e. The number of amides is 1. The average Bonchev–Trinajstić information content (AvgIpc) is 3.45. The number of rotatable bonds is 6. The number of Topliss-reactive ketones (excluding diaryl/α,β-unsaturated/α-hetero) is 1. The summed E-state index contributed by atoms with van der Waals surface area (Å²) in [4.78, 5) is 27.7. The quantitative estimate of drug-likeness (QED) is 0.279. The first-order chi connectivity index (χ1) is 16.3. The van der Waals surface area contributed by atoms with E-state index in [0.717, 1.165) is 0 Å². The Morgan fingerprint density at radius 2 is 1.74 bits per heavy atom. The van der Waals surface area contributed by atoms with Crippen LogP contribution in [0.4, 0.5) is 5.69 Å². The van der Waals surface area contributed by atoms with Crippen LogP contribution in [0.25, 0.3) is 5.76 Å². The van der Waals surface area contributed by atoms with Gasteiger partial charge in [0, 0.05) is 11.8 Å². The van der Waals surface area contributed by atoms with Crippen molar-refractivity contribution in [3.05, 3.63) is 75.7 Å². The number of benzene rings is 2. The number of methoxy groups -OCH3 is 3. The van der Waals surface area contributed by atoms with Crippen molar-refractivity contribution >= 4 is 46.3 Å². The van der Waals surface area contributed by atoms with Crippen LogP contribution in [0.5, 0.6) is 17.2 Å². The summed E-state index contributed by atoms with van der Waals surface area (Å²) in [5.74, 6) is -1.43. The summed E-state index contributed by atoms with van der Waals surface area (Å²) in [6.07, 6.45) is 1.41. The van der Waals surface area contributed by atoms with Crippen LogP contribution in [-0.4, -0.2) is 38.1 Å². The van der Waals surface area contributed by atoms with Crippen molar-refractivity contribution in [2.45, 2.75) is 6.04 Å². The Morgan fingerprint density at radius 3 is 2.35 bits per heavy atom. The molecule has 8 nitrogen and oxygen atoms in total. The number of aliphatic hydroxyl groups is 1. The number of hydrogen-bond donors (Lipinski definition) is 1. The standard InChI is InChI=1S/C24H19Cl2NO7/c1-31-13-7-4-6-12(10-13)27-19(16-8-5-9-34-16)17(21(29)24(27)30)20(28)14-11-15(25)23(33-3)18(26)22(14)32-2/h4-11,19,28H,1-3H3/b20-17-. The molecule has 1 fully saturated rings. The molecule has 2 heterocycles. The number of furan rings is 1. The molecule has 0 bridgehead atoms. The van der Waals surface area contributed by atoms with Gasteiger partial charge in [0.15, 0.2) is 11.5 Å². The molecule has 1 unspecified atom stereocenters. The van der Waals surface area contributed by atoms with Gasteiger partial charge in [-0.1, -0.05) is 29.3 Å². The van der Waals surface area contributed by atoms with Crippen molar-refractivity contribution in [2.24, 2.45) is 0 Å². The van der Waals surface area contributed by atoms with E-state index in [0.29, 0.717) is 11.4 Å². The zero-order valence-corrected chi connectivity index (χ0v) is 19.8. The van der Waals surface area contributed by atoms with Crippen LogP contribution < -0.4 is 19.1 Å². The smallest absolute Gasteiger partial charge is 0.300 e. The Bertz CT molecular complexity index is 1300. The Labute approximate surface area is 204 Å². The van der Waals surface area contributed by atoms with Gasteiger partial charge in [-0.15, -0.1) is 0 Å². The number of ether oxygens (including phenoxy) is 3. The average molecular weight is 504 g/mol. The predicted molar refractivity (Wildman–Crippen MR) is 126 cm³/mol. The van der Waals surface area contributed by atoms with Gasteiger partial charge in [-0.2, -0.15) is 0 Å². The molecular formula is C24H19Cl2NO7. The summed E-state index contributed by atoms with van der Waals surface area (Å²) in [5, 5.41) is 11.4. The van der Waals surface area contributed by atoms with Gasteiger partial charge in [0.2, 0.25) is 0 Å². The molecule has 0 spiro atoms. The third kappa shape index (κ3) is 3.74. The first-order valence-corrected chi connectivity index (χ1v) is 10.7. The third-order valence-corrected chi connectivity index (χ3v) is 6.01. The number of anilines is 1. The molecule has 4 rings (SSSR count). The van der Waals surface area contributed by atoms with Gasteiger partial charge in [-0.25, -0.2) is 0 Å². The molecule has 34 heavy (non-hydrogen) atoms. The van der Waals surface area contributed by atoms with E-state index in [1.54, 1.807) is 36.4 Å². The van der Waals surface area contributed by atoms with Gasteiger partial charge in [-0.3, -0.25) is 14.5 Å². The van der Waals surface area contributed by atoms with Crippen molar-refractivity contribution < 1.29 is 33.3 Å². The lowest BCUT2D eigenvalue weighted by Crippen LogP contribution is -2.29. The fraction of sp³-hybridized carbons (Fsp3) is 0.167. The van der Waals surface area contributed by atoms with E-state index in [2.05, 4.69) is 0 Å². The van der Waals surface area contributed by atoms with E-state index in [4.69, 9.17) is 41.8 Å². The van der Waals surface area contributed by atoms with Gasteiger partial charge in [0.05, 0.1) is 43.8 Å². The normalized spacial score (nSPS) is 17.2. The van der Waals surface area contributed by atoms with Crippen LogP contribution in [0.2, 0.25) is 10.0 Å². The molecular weight excluding hydrogens is 485 g/mol. The molecule has 0 radical (unpaired) electrons. The monoisotopic (exact) mass is 503 g/mol. The summed E-state index contributed by atoms with van der Waals surface area (Å²) in [7, 11) is 4.20. The SMILES string of the molecule is COc1cccc(N2C(=O)C(=O)/C(=C(\O)c3cc(Cl)c(OC)c(Cl)c3OC)C2c2ccco2)c1. The molecule has 1 saturated heterocycles. The zero-order chi connectivity index (χ0) is 24.6. The second kappa shape index (κ2) is 9.32. The van der Waals surface area contributed by atoms with Gasteiger partial charge < -0.3 is 23.7 Å². The van der Waals surface area contributed by atoms with E-state index >= 15 is 0 Å². The minimum absolute atomic E-state index is 0.00405. The molecule has 2 aromatic carbocycles. The van der Waals surface area contributed by atoms with Crippen LogP contribution in [0.15, 0.2) is 58.7 Å². The molecule has 176 valence electrons. The van der Waals surface area contributed by atoms with Crippen molar-refractivity contribution in [2.75, 3.05) is 26.2 Å². The van der Waals surface area contributed by atoms with Crippen LogP contribution in [0.3, 0.4) is 0 Å². The Morgan fingerprint density at radius 1 is 1.00 bits per heavy atom. The number of ketones is 1. The highest BCUT2D eigenvalue weighted by atomic mass is 35.5. The molecule has 1 amide bonds. The van der Waals surface area contributed by atoms with Crippen LogP contribution >= 0.6 is 23.2 Å². The summed E-state index contributed by atoms with van der Waals surface area (Å²) >= 11 is 12.6. The van der Waals surface area contributed by atoms with Crippen LogP contribution in [0.1, 0.15) is 17.4 Å². The number of halogens is 2. The van der Waals surface area contributed by atoms with Crippen molar-refractivity contribution in [3.8, 4) is 17.2 Å². The third-order valence-electron chi connectivity index (χ3n) is 5.38. The topological polar surface area (TPSA) is 98.4 Å². The lowest BCUT2D eigenvalue weighted by Gasteiger charge is -2.24. The molecule has 1 aliphatic rings. The molecule has 1 aromatic heterocycles. The first-order valence-electron chi connectivity index (χ1n) is 9.92. The van der Waals surface area contributed by atoms with Crippen molar-refractivity contribution in [3.63, 3.8) is 0 Å². The maximum atomic E-state index is 13.2. The minimum atomic E-state index is -1.08. The Balaban J connectivity index is 1.98. The first kappa shape index (κ1) is 23.5. The summed E-state index contributed by atoms with van der Waals surface area (Å²) in [5.41, 5.74) is 0.163. The van der Waals surface area contributed by atoms with Gasteiger partial charge in [0.25, 0.3) is 11.7 Å². The number of carbonyl (C=O) groups excluding carboxylic acids is 2. The molecule has 3 aromatic rings. The van der Waals surface area contributed by atoms with E-state index < -0.39 is 23.5 Å². The maximum absolute atomic E-state index is 13.2. The number of aliphatic hydroxyl groups excluding tert-OH is 1. The Hall–Kier alpha value is -3.62. The highest BCUT2D eigenvalue weighted by molar-refractivity contribution is 6.51. The van der Waals surface area contributed by atoms with Gasteiger partial charge in [0.1, 0.15) is 28.3 Å². The highest BCUT2D eigenvalue weighted by Crippen LogP contribution is 2.48. The molecule has 1 atom stereocenters. The van der Waals surface area contributed by atoms with Crippen molar-refractivity contribution in [1.29, 1.82) is 0 Å². The van der Waals surface area contributed by atoms with Gasteiger partial charge in [-0.05, 0) is 30.3 Å². The van der Waals surface area contributed by atoms with E-state index in [9.17, 15) is 14.7 Å². The van der Waals surface area contributed by atoms with E-state index in [1.165, 1.54) is 38.6 Å². The molecule has 1 aliphatic heterocycles. The minimum Gasteiger partial charge on any atom is -0.507 e. The van der Waals surface area contributed by atoms with Crippen LogP contribution in [0, 0.1) is 0 Å². The molecule has 0 saturated carbocycles. The van der Waals surface area contributed by atoms with E-state index in [1.807, 2.05) is 0 Å². The number of nitrogens with zero attached hydrogens (tertiary/aromatic N) is 1. The summed E-state index contributed by atoms with van der Waals surface area (Å²) in [6.45, 7) is 0. The number of hydrogen-bond acceptors (Lipinski definition) is 7. The van der Waals surface area contributed by atoms with Crippen molar-refractivity contribution in [1.82, 2.24) is 0 Å². The molecule has 0 aliphatic carbocycles. The summed E-state index contributed by atoms with van der Waals surface area (Å²) in [6, 6.07) is 10.1. The molecule has 1 N–H and O–H groups in total. The Kier molecular flexibility index (Phi) is 6.45. The number of carbonyl (C=O) groups is 2. The predicted octanol–water partition coefficient (Wildman–Crippen LogP) is 5.24. The van der Waals surface area contributed by atoms with Gasteiger partial charge >= 0.3 is 0 Å². The zero-order valence-electron chi connectivity index (χ0n) is 18.3. The second-order valence-corrected chi connectivity index (χ2v) is 7.96. The highest BCUT2D eigenvalue weighted by Gasteiger charge is 2.48. The second-order valence-electron chi connectivity index (χ2n) is 7.17. The largest absolute Gasteiger partial charge is 0.507 e. The summed E-state index contributed by atoms with van der Waals surface area (Å²) < 4.78 is 21.4.